The highest BCUT2D eigenvalue weighted by molar-refractivity contribution is 8.00. The lowest BCUT2D eigenvalue weighted by Gasteiger charge is -2.26. The summed E-state index contributed by atoms with van der Waals surface area (Å²) in [7, 11) is -0.483. The lowest BCUT2D eigenvalue weighted by atomic mass is 9.95. The van der Waals surface area contributed by atoms with Gasteiger partial charge in [-0.05, 0) is 69.0 Å². The molecule has 2 aliphatic rings. The number of nitrogens with one attached hydrogen (secondary N) is 1. The quantitative estimate of drug-likeness (QED) is 0.251. The van der Waals surface area contributed by atoms with Gasteiger partial charge in [-0.2, -0.15) is 4.31 Å². The summed E-state index contributed by atoms with van der Waals surface area (Å²) >= 11 is 7.72. The number of benzene rings is 2. The van der Waals surface area contributed by atoms with E-state index in [1.807, 2.05) is 18.2 Å². The van der Waals surface area contributed by atoms with E-state index in [0.29, 0.717) is 35.6 Å². The predicted octanol–water partition coefficient (Wildman–Crippen LogP) is 6.41. The number of carbonyl (C=O) groups is 1. The highest BCUT2D eigenvalue weighted by Gasteiger charge is 2.29. The third kappa shape index (κ3) is 6.97. The van der Waals surface area contributed by atoms with Gasteiger partial charge in [0, 0.05) is 24.7 Å². The Morgan fingerprint density at radius 3 is 2.37 bits per heavy atom. The molecule has 1 amide bonds. The average Bonchev–Trinajstić information content (AvgIpc) is 3.45. The van der Waals surface area contributed by atoms with Gasteiger partial charge in [0.25, 0.3) is 0 Å². The highest BCUT2D eigenvalue weighted by Crippen LogP contribution is 2.39. The molecule has 0 unspecified atom stereocenters. The second-order valence-electron chi connectivity index (χ2n) is 10.9. The normalized spacial score (nSPS) is 17.4. The summed E-state index contributed by atoms with van der Waals surface area (Å²) in [6.45, 7) is 2.78. The van der Waals surface area contributed by atoms with Crippen molar-refractivity contribution in [3.63, 3.8) is 0 Å². The second kappa shape index (κ2) is 13.9. The van der Waals surface area contributed by atoms with Crippen molar-refractivity contribution in [2.45, 2.75) is 79.6 Å². The zero-order chi connectivity index (χ0) is 30.6. The number of carbonyl (C=O) groups excluding carboxylic acids is 1. The summed E-state index contributed by atoms with van der Waals surface area (Å²) in [5, 5.41) is 12.3. The van der Waals surface area contributed by atoms with Crippen molar-refractivity contribution < 1.29 is 22.7 Å². The van der Waals surface area contributed by atoms with Gasteiger partial charge in [0.05, 0.1) is 35.1 Å². The summed E-state index contributed by atoms with van der Waals surface area (Å²) in [5.74, 6) is 1.62. The number of anilines is 1. The Bertz CT molecular complexity index is 1550. The van der Waals surface area contributed by atoms with E-state index in [1.165, 1.54) is 40.7 Å². The van der Waals surface area contributed by atoms with Crippen LogP contribution in [0.4, 0.5) is 5.69 Å². The first-order valence-electron chi connectivity index (χ1n) is 14.7. The first kappa shape index (κ1) is 31.6. The van der Waals surface area contributed by atoms with Crippen LogP contribution < -0.4 is 14.8 Å². The number of methoxy groups -OCH3 is 2. The van der Waals surface area contributed by atoms with Crippen LogP contribution in [0.2, 0.25) is 5.02 Å². The molecule has 1 N–H and O–H groups in total. The molecular formula is C30H38ClN5O5S2. The molecular weight excluding hydrogens is 610 g/mol. The maximum Gasteiger partial charge on any atom is 0.243 e. The monoisotopic (exact) mass is 647 g/mol. The Morgan fingerprint density at radius 2 is 1.67 bits per heavy atom. The number of hydrogen-bond donors (Lipinski definition) is 1. The smallest absolute Gasteiger partial charge is 0.243 e. The van der Waals surface area contributed by atoms with Gasteiger partial charge in [-0.25, -0.2) is 8.42 Å². The number of halogens is 1. The first-order valence-corrected chi connectivity index (χ1v) is 17.4. The Kier molecular flexibility index (Phi) is 10.2. The van der Waals surface area contributed by atoms with Crippen molar-refractivity contribution in [3.8, 4) is 22.9 Å². The first-order chi connectivity index (χ1) is 20.7. The molecule has 2 heterocycles. The molecule has 43 heavy (non-hydrogen) atoms. The molecule has 10 nitrogen and oxygen atoms in total. The molecule has 1 aliphatic carbocycles. The number of sulfonamides is 1. The molecule has 0 spiro atoms. The van der Waals surface area contributed by atoms with Gasteiger partial charge in [-0.3, -0.25) is 9.36 Å². The summed E-state index contributed by atoms with van der Waals surface area (Å²) in [6, 6.07) is 10.3. The number of thioether (sulfide) groups is 1. The van der Waals surface area contributed by atoms with Crippen LogP contribution in [0.25, 0.3) is 11.4 Å². The molecule has 0 bridgehead atoms. The largest absolute Gasteiger partial charge is 0.493 e. The molecule has 1 saturated heterocycles. The standard InChI is InChI=1S/C30H38ClN5O5S2/c1-20(29(37)32-25-19-23(13-14-24(25)31)43(38,39)35-16-8-5-9-17-35)42-30-34-33-28(36(30)22-10-6-4-7-11-22)21-12-15-26(40-2)27(18-21)41-3/h12-15,18-20,22H,4-11,16-17H2,1-3H3,(H,32,37)/t20-/m1/s1. The SMILES string of the molecule is COc1ccc(-c2nnc(S[C@H](C)C(=O)Nc3cc(S(=O)(=O)N4CCCCC4)ccc3Cl)n2C2CCCCC2)cc1OC. The van der Waals surface area contributed by atoms with Crippen molar-refractivity contribution in [2.75, 3.05) is 32.6 Å². The lowest BCUT2D eigenvalue weighted by Crippen LogP contribution is -2.35. The third-order valence-electron chi connectivity index (χ3n) is 8.05. The van der Waals surface area contributed by atoms with Crippen LogP contribution in [0.1, 0.15) is 64.3 Å². The fraction of sp³-hybridized carbons (Fsp3) is 0.500. The zero-order valence-electron chi connectivity index (χ0n) is 24.7. The molecule has 5 rings (SSSR count). The van der Waals surface area contributed by atoms with Gasteiger partial charge in [0.15, 0.2) is 22.5 Å². The van der Waals surface area contributed by atoms with Crippen molar-refractivity contribution in [1.82, 2.24) is 19.1 Å². The van der Waals surface area contributed by atoms with Crippen molar-refractivity contribution in [1.29, 1.82) is 0 Å². The minimum absolute atomic E-state index is 0.117. The van der Waals surface area contributed by atoms with Crippen LogP contribution in [0.15, 0.2) is 46.5 Å². The van der Waals surface area contributed by atoms with E-state index < -0.39 is 15.3 Å². The van der Waals surface area contributed by atoms with E-state index in [0.717, 1.165) is 50.5 Å². The lowest BCUT2D eigenvalue weighted by molar-refractivity contribution is -0.115. The van der Waals surface area contributed by atoms with Gasteiger partial charge >= 0.3 is 0 Å². The van der Waals surface area contributed by atoms with Gasteiger partial charge in [-0.1, -0.05) is 49.0 Å². The second-order valence-corrected chi connectivity index (χ2v) is 14.5. The zero-order valence-corrected chi connectivity index (χ0v) is 27.1. The van der Waals surface area contributed by atoms with Gasteiger partial charge < -0.3 is 14.8 Å². The molecule has 2 aromatic carbocycles. The van der Waals surface area contributed by atoms with E-state index in [2.05, 4.69) is 20.1 Å². The summed E-state index contributed by atoms with van der Waals surface area (Å²) in [5.41, 5.74) is 1.11. The molecule has 3 aromatic rings. The van der Waals surface area contributed by atoms with E-state index in [9.17, 15) is 13.2 Å². The third-order valence-corrected chi connectivity index (χ3v) is 11.3. The van der Waals surface area contributed by atoms with Crippen LogP contribution in [0.5, 0.6) is 11.5 Å². The molecule has 1 aromatic heterocycles. The number of nitrogens with zero attached hydrogens (tertiary/aromatic N) is 4. The minimum Gasteiger partial charge on any atom is -0.493 e. The Morgan fingerprint density at radius 1 is 0.977 bits per heavy atom. The fourth-order valence-corrected chi connectivity index (χ4v) is 8.29. The minimum atomic E-state index is -3.68. The molecule has 1 aliphatic heterocycles. The van der Waals surface area contributed by atoms with Crippen LogP contribution in [0.3, 0.4) is 0 Å². The summed E-state index contributed by atoms with van der Waals surface area (Å²) < 4.78 is 41.0. The molecule has 13 heteroatoms. The Hall–Kier alpha value is -2.80. The summed E-state index contributed by atoms with van der Waals surface area (Å²) in [6.07, 6.45) is 8.12. The number of aromatic nitrogens is 3. The Labute approximate surface area is 262 Å². The van der Waals surface area contributed by atoms with Crippen LogP contribution in [-0.4, -0.2) is 66.0 Å². The average molecular weight is 648 g/mol. The number of amides is 1. The van der Waals surface area contributed by atoms with Gasteiger partial charge in [0.1, 0.15) is 0 Å². The van der Waals surface area contributed by atoms with Crippen molar-refractivity contribution in [3.05, 3.63) is 41.4 Å². The number of hydrogen-bond acceptors (Lipinski definition) is 8. The molecule has 232 valence electrons. The number of piperidine rings is 1. The number of rotatable bonds is 10. The highest BCUT2D eigenvalue weighted by atomic mass is 35.5. The predicted molar refractivity (Wildman–Crippen MR) is 169 cm³/mol. The molecule has 2 fully saturated rings. The van der Waals surface area contributed by atoms with E-state index >= 15 is 0 Å². The topological polar surface area (TPSA) is 116 Å². The molecule has 0 radical (unpaired) electrons. The summed E-state index contributed by atoms with van der Waals surface area (Å²) in [4.78, 5) is 13.5. The maximum atomic E-state index is 13.4. The molecule has 1 atom stereocenters. The van der Waals surface area contributed by atoms with Crippen molar-refractivity contribution in [2.24, 2.45) is 0 Å². The van der Waals surface area contributed by atoms with E-state index in [1.54, 1.807) is 21.1 Å². The number of ether oxygens (including phenoxy) is 2. The fourth-order valence-electron chi connectivity index (χ4n) is 5.66. The van der Waals surface area contributed by atoms with Crippen LogP contribution in [0, 0.1) is 0 Å². The van der Waals surface area contributed by atoms with Gasteiger partial charge in [0.2, 0.25) is 15.9 Å². The van der Waals surface area contributed by atoms with Crippen LogP contribution in [-0.2, 0) is 14.8 Å². The molecule has 1 saturated carbocycles. The van der Waals surface area contributed by atoms with Gasteiger partial charge in [-0.15, -0.1) is 10.2 Å². The van der Waals surface area contributed by atoms with Crippen LogP contribution >= 0.6 is 23.4 Å². The van der Waals surface area contributed by atoms with E-state index in [4.69, 9.17) is 21.1 Å². The Balaban J connectivity index is 1.38. The van der Waals surface area contributed by atoms with E-state index in [-0.39, 0.29) is 27.6 Å². The van der Waals surface area contributed by atoms with Crippen molar-refractivity contribution >= 4 is 45.0 Å². The maximum absolute atomic E-state index is 13.4.